The van der Waals surface area contributed by atoms with Crippen molar-refractivity contribution in [3.63, 3.8) is 0 Å². The van der Waals surface area contributed by atoms with Gasteiger partial charge in [-0.1, -0.05) is 27.6 Å². The second kappa shape index (κ2) is 9.92. The zero-order valence-electron chi connectivity index (χ0n) is 14.7. The molecule has 0 saturated carbocycles. The third kappa shape index (κ3) is 6.78. The molecule has 0 fully saturated rings. The molecule has 0 heterocycles. The topological polar surface area (TPSA) is 50.4 Å². The van der Waals surface area contributed by atoms with Crippen LogP contribution in [-0.2, 0) is 0 Å². The van der Waals surface area contributed by atoms with Crippen LogP contribution in [-0.4, -0.2) is 23.7 Å². The maximum atomic E-state index is 12.5. The highest BCUT2D eigenvalue weighted by Gasteiger charge is 2.15. The minimum atomic E-state index is -0.272. The van der Waals surface area contributed by atoms with Crippen molar-refractivity contribution >= 4 is 39.2 Å². The van der Waals surface area contributed by atoms with Gasteiger partial charge in [-0.05, 0) is 76.4 Å². The molecule has 1 aliphatic carbocycles. The van der Waals surface area contributed by atoms with E-state index in [1.807, 2.05) is 19.9 Å². The van der Waals surface area contributed by atoms with Crippen molar-refractivity contribution < 1.29 is 9.53 Å². The molecule has 1 aliphatic rings. The second-order valence-electron chi connectivity index (χ2n) is 6.38. The number of benzene rings is 1. The molecule has 0 aliphatic heterocycles. The van der Waals surface area contributed by atoms with Crippen LogP contribution in [0.15, 0.2) is 34.3 Å². The maximum absolute atomic E-state index is 12.5. The predicted octanol–water partition coefficient (Wildman–Crippen LogP) is 4.73. The average Bonchev–Trinajstić information content (AvgIpc) is 2.57. The van der Waals surface area contributed by atoms with E-state index in [2.05, 4.69) is 32.6 Å². The van der Waals surface area contributed by atoms with E-state index in [0.29, 0.717) is 16.4 Å². The van der Waals surface area contributed by atoms with Crippen LogP contribution in [0.1, 0.15) is 56.3 Å². The molecule has 0 aromatic heterocycles. The van der Waals surface area contributed by atoms with Crippen LogP contribution in [0.5, 0.6) is 5.75 Å². The highest BCUT2D eigenvalue weighted by atomic mass is 79.9. The number of thiocarbonyl (C=S) groups is 1. The molecule has 4 nitrogen and oxygen atoms in total. The van der Waals surface area contributed by atoms with Gasteiger partial charge in [0.05, 0.1) is 11.7 Å². The Labute approximate surface area is 163 Å². The highest BCUT2D eigenvalue weighted by Crippen LogP contribution is 2.24. The molecule has 0 bridgehead atoms. The van der Waals surface area contributed by atoms with Crippen molar-refractivity contribution in [2.24, 2.45) is 0 Å². The highest BCUT2D eigenvalue weighted by molar-refractivity contribution is 9.10. The predicted molar refractivity (Wildman–Crippen MR) is 109 cm³/mol. The number of hydrogen-bond acceptors (Lipinski definition) is 3. The molecular formula is C19H25BrN2O2S. The van der Waals surface area contributed by atoms with Gasteiger partial charge < -0.3 is 10.1 Å². The molecule has 136 valence electrons. The Kier molecular flexibility index (Phi) is 7.90. The first kappa shape index (κ1) is 19.9. The molecule has 0 atom stereocenters. The Bertz CT molecular complexity index is 659. The normalized spacial score (nSPS) is 14.0. The van der Waals surface area contributed by atoms with Crippen molar-refractivity contribution in [2.75, 3.05) is 6.54 Å². The summed E-state index contributed by atoms with van der Waals surface area (Å²) < 4.78 is 6.53. The summed E-state index contributed by atoms with van der Waals surface area (Å²) in [6, 6.07) is 5.37. The van der Waals surface area contributed by atoms with Crippen LogP contribution in [0, 0.1) is 0 Å². The zero-order valence-corrected chi connectivity index (χ0v) is 17.1. The summed E-state index contributed by atoms with van der Waals surface area (Å²) in [7, 11) is 0. The zero-order chi connectivity index (χ0) is 18.2. The van der Waals surface area contributed by atoms with Crippen molar-refractivity contribution in [3.8, 4) is 5.75 Å². The molecule has 0 spiro atoms. The number of hydrogen-bond donors (Lipinski definition) is 2. The van der Waals surface area contributed by atoms with E-state index < -0.39 is 0 Å². The number of rotatable bonds is 6. The first-order valence-corrected chi connectivity index (χ1v) is 9.89. The van der Waals surface area contributed by atoms with Crippen LogP contribution in [0.3, 0.4) is 0 Å². The van der Waals surface area contributed by atoms with Gasteiger partial charge in [-0.25, -0.2) is 0 Å². The van der Waals surface area contributed by atoms with Gasteiger partial charge in [0.1, 0.15) is 5.75 Å². The fourth-order valence-electron chi connectivity index (χ4n) is 2.72. The molecule has 1 aromatic rings. The maximum Gasteiger partial charge on any atom is 0.261 e. The van der Waals surface area contributed by atoms with E-state index in [0.717, 1.165) is 17.4 Å². The van der Waals surface area contributed by atoms with Crippen LogP contribution in [0.2, 0.25) is 0 Å². The minimum Gasteiger partial charge on any atom is -0.490 e. The quantitative estimate of drug-likeness (QED) is 0.511. The van der Waals surface area contributed by atoms with E-state index in [1.54, 1.807) is 12.1 Å². The Hall–Kier alpha value is -1.40. The lowest BCUT2D eigenvalue weighted by molar-refractivity contribution is 0.0971. The lowest BCUT2D eigenvalue weighted by atomic mass is 9.97. The Morgan fingerprint density at radius 3 is 2.84 bits per heavy atom. The van der Waals surface area contributed by atoms with Gasteiger partial charge in [0.25, 0.3) is 5.91 Å². The molecule has 25 heavy (non-hydrogen) atoms. The second-order valence-corrected chi connectivity index (χ2v) is 7.70. The first-order chi connectivity index (χ1) is 12.0. The van der Waals surface area contributed by atoms with E-state index in [-0.39, 0.29) is 12.0 Å². The van der Waals surface area contributed by atoms with Gasteiger partial charge >= 0.3 is 0 Å². The van der Waals surface area contributed by atoms with Crippen LogP contribution in [0.25, 0.3) is 0 Å². The molecule has 0 saturated heterocycles. The summed E-state index contributed by atoms with van der Waals surface area (Å²) in [5.74, 6) is 0.275. The lowest BCUT2D eigenvalue weighted by Gasteiger charge is -2.16. The van der Waals surface area contributed by atoms with Crippen molar-refractivity contribution in [1.82, 2.24) is 10.6 Å². The minimum absolute atomic E-state index is 0.0124. The number of carbonyl (C=O) groups excluding carboxylic acids is 1. The summed E-state index contributed by atoms with van der Waals surface area (Å²) in [6.45, 7) is 4.59. The average molecular weight is 425 g/mol. The number of amides is 1. The summed E-state index contributed by atoms with van der Waals surface area (Å²) >= 11 is 8.64. The number of carbonyl (C=O) groups is 1. The van der Waals surface area contributed by atoms with Gasteiger partial charge in [0.2, 0.25) is 0 Å². The van der Waals surface area contributed by atoms with Gasteiger partial charge in [-0.2, -0.15) is 0 Å². The van der Waals surface area contributed by atoms with E-state index in [4.69, 9.17) is 17.0 Å². The van der Waals surface area contributed by atoms with Crippen LogP contribution < -0.4 is 15.4 Å². The van der Waals surface area contributed by atoms with E-state index in [9.17, 15) is 4.79 Å². The molecular weight excluding hydrogens is 400 g/mol. The summed E-state index contributed by atoms with van der Waals surface area (Å²) in [5, 5.41) is 6.19. The van der Waals surface area contributed by atoms with Crippen molar-refractivity contribution in [2.45, 2.75) is 52.1 Å². The van der Waals surface area contributed by atoms with Gasteiger partial charge in [0.15, 0.2) is 5.11 Å². The standard InChI is InChI=1S/C19H25BrN2O2S/c1-13(2)24-17-9-8-15(20)12-16(17)18(23)22-19(25)21-11-10-14-6-4-3-5-7-14/h6,8-9,12-13H,3-5,7,10-11H2,1-2H3,(H2,21,22,23,25). The largest absolute Gasteiger partial charge is 0.490 e. The molecule has 6 heteroatoms. The number of allylic oxidation sites excluding steroid dienone is 1. The molecule has 1 aromatic carbocycles. The molecule has 2 N–H and O–H groups in total. The fraction of sp³-hybridized carbons (Fsp3) is 0.474. The number of nitrogens with one attached hydrogen (secondary N) is 2. The van der Waals surface area contributed by atoms with Crippen molar-refractivity contribution in [3.05, 3.63) is 39.9 Å². The molecule has 1 amide bonds. The first-order valence-electron chi connectivity index (χ1n) is 8.69. The third-order valence-corrected chi connectivity index (χ3v) is 4.63. The van der Waals surface area contributed by atoms with Crippen LogP contribution >= 0.6 is 28.1 Å². The lowest BCUT2D eigenvalue weighted by Crippen LogP contribution is -2.39. The Morgan fingerprint density at radius 1 is 1.36 bits per heavy atom. The molecule has 2 rings (SSSR count). The Balaban J connectivity index is 1.89. The van der Waals surface area contributed by atoms with Gasteiger partial charge in [-0.15, -0.1) is 0 Å². The summed E-state index contributed by atoms with van der Waals surface area (Å²) in [4.78, 5) is 12.5. The van der Waals surface area contributed by atoms with Gasteiger partial charge in [-0.3, -0.25) is 10.1 Å². The summed E-state index contributed by atoms with van der Waals surface area (Å²) in [6.07, 6.45) is 8.19. The molecule has 0 radical (unpaired) electrons. The summed E-state index contributed by atoms with van der Waals surface area (Å²) in [5.41, 5.74) is 1.94. The van der Waals surface area contributed by atoms with Crippen molar-refractivity contribution in [1.29, 1.82) is 0 Å². The van der Waals surface area contributed by atoms with Gasteiger partial charge in [0, 0.05) is 11.0 Å². The number of halogens is 1. The Morgan fingerprint density at radius 2 is 2.16 bits per heavy atom. The molecule has 0 unspecified atom stereocenters. The van der Waals surface area contributed by atoms with E-state index in [1.165, 1.54) is 31.3 Å². The van der Waals surface area contributed by atoms with E-state index >= 15 is 0 Å². The number of ether oxygens (including phenoxy) is 1. The third-order valence-electron chi connectivity index (χ3n) is 3.89. The smallest absolute Gasteiger partial charge is 0.261 e. The SMILES string of the molecule is CC(C)Oc1ccc(Br)cc1C(=O)NC(=S)NCCC1=CCCCC1. The monoisotopic (exact) mass is 424 g/mol. The van der Waals surface area contributed by atoms with Crippen LogP contribution in [0.4, 0.5) is 0 Å². The fourth-order valence-corrected chi connectivity index (χ4v) is 3.28.